The zero-order chi connectivity index (χ0) is 12.4. The molecule has 0 heterocycles. The second-order valence-electron chi connectivity index (χ2n) is 3.27. The maximum absolute atomic E-state index is 12.9. The lowest BCUT2D eigenvalue weighted by Gasteiger charge is -2.37. The number of rotatable bonds is 2. The van der Waals surface area contributed by atoms with Crippen LogP contribution < -0.4 is 0 Å². The van der Waals surface area contributed by atoms with Gasteiger partial charge >= 0.3 is 12.1 Å². The largest absolute Gasteiger partial charge is 0.454 e. The van der Waals surface area contributed by atoms with Crippen molar-refractivity contribution < 1.29 is 27.4 Å². The van der Waals surface area contributed by atoms with Gasteiger partial charge < -0.3 is 9.47 Å². The van der Waals surface area contributed by atoms with Gasteiger partial charge in [-0.25, -0.2) is 0 Å². The topological polar surface area (TPSA) is 35.5 Å². The number of halogens is 3. The Morgan fingerprint density at radius 3 is 2.44 bits per heavy atom. The minimum absolute atomic E-state index is 0.796. The lowest BCUT2D eigenvalue weighted by atomic mass is 9.91. The molecule has 0 aromatic carbocycles. The number of ether oxygens (including phenoxy) is 2. The molecular formula is C10H11F3O3. The Hall–Kier alpha value is -1.30. The first kappa shape index (κ1) is 12.8. The SMILES string of the molecule is COC1(C(F)(F)F)C=CC=C[C@@H]1OC(C)=O. The molecule has 1 aliphatic carbocycles. The maximum atomic E-state index is 12.9. The van der Waals surface area contributed by atoms with Gasteiger partial charge in [0.05, 0.1) is 0 Å². The van der Waals surface area contributed by atoms with E-state index in [-0.39, 0.29) is 0 Å². The number of hydrogen-bond acceptors (Lipinski definition) is 3. The van der Waals surface area contributed by atoms with Gasteiger partial charge in [0.25, 0.3) is 0 Å². The van der Waals surface area contributed by atoms with Crippen molar-refractivity contribution >= 4 is 5.97 Å². The Kier molecular flexibility index (Phi) is 3.42. The van der Waals surface area contributed by atoms with E-state index in [1.54, 1.807) is 0 Å². The fraction of sp³-hybridized carbons (Fsp3) is 0.500. The molecule has 0 N–H and O–H groups in total. The van der Waals surface area contributed by atoms with Crippen LogP contribution in [0.5, 0.6) is 0 Å². The first-order chi connectivity index (χ1) is 7.33. The highest BCUT2D eigenvalue weighted by atomic mass is 19.4. The van der Waals surface area contributed by atoms with Crippen LogP contribution in [-0.2, 0) is 14.3 Å². The molecule has 0 aromatic heterocycles. The summed E-state index contributed by atoms with van der Waals surface area (Å²) in [6.45, 7) is 1.04. The number of esters is 1. The predicted octanol–water partition coefficient (Wildman–Crippen LogP) is 1.99. The Bertz CT molecular complexity index is 333. The molecule has 0 saturated carbocycles. The van der Waals surface area contributed by atoms with Crippen molar-refractivity contribution in [2.24, 2.45) is 0 Å². The van der Waals surface area contributed by atoms with E-state index in [4.69, 9.17) is 0 Å². The normalized spacial score (nSPS) is 29.2. The highest BCUT2D eigenvalue weighted by Crippen LogP contribution is 2.40. The number of allylic oxidation sites excluding steroid dienone is 2. The molecule has 16 heavy (non-hydrogen) atoms. The molecule has 0 radical (unpaired) electrons. The highest BCUT2D eigenvalue weighted by Gasteiger charge is 2.60. The number of alkyl halides is 3. The lowest BCUT2D eigenvalue weighted by Crippen LogP contribution is -2.55. The van der Waals surface area contributed by atoms with E-state index >= 15 is 0 Å². The molecule has 0 saturated heterocycles. The number of hydrogen-bond donors (Lipinski definition) is 0. The Balaban J connectivity index is 3.09. The van der Waals surface area contributed by atoms with Gasteiger partial charge in [0.1, 0.15) is 0 Å². The third kappa shape index (κ3) is 2.11. The standard InChI is InChI=1S/C10H11F3O3/c1-7(14)16-8-5-3-4-6-9(8,15-2)10(11,12)13/h3-6,8H,1-2H3/t8-,9?/m0/s1. The number of methoxy groups -OCH3 is 1. The second kappa shape index (κ2) is 4.29. The summed E-state index contributed by atoms with van der Waals surface area (Å²) in [5.74, 6) is -0.796. The molecule has 1 aliphatic rings. The van der Waals surface area contributed by atoms with Crippen LogP contribution in [0.15, 0.2) is 24.3 Å². The van der Waals surface area contributed by atoms with Crippen LogP contribution in [-0.4, -0.2) is 31.0 Å². The summed E-state index contributed by atoms with van der Waals surface area (Å²) >= 11 is 0. The first-order valence-electron chi connectivity index (χ1n) is 4.48. The van der Waals surface area contributed by atoms with Crippen LogP contribution in [0.25, 0.3) is 0 Å². The summed E-state index contributed by atoms with van der Waals surface area (Å²) < 4.78 is 47.8. The molecule has 0 amide bonds. The van der Waals surface area contributed by atoms with Gasteiger partial charge in [-0.1, -0.05) is 12.2 Å². The molecule has 90 valence electrons. The molecule has 0 bridgehead atoms. The van der Waals surface area contributed by atoms with E-state index in [2.05, 4.69) is 9.47 Å². The maximum Gasteiger partial charge on any atom is 0.425 e. The third-order valence-electron chi connectivity index (χ3n) is 2.24. The van der Waals surface area contributed by atoms with Crippen LogP contribution in [0.3, 0.4) is 0 Å². The van der Waals surface area contributed by atoms with Gasteiger partial charge in [-0.15, -0.1) is 0 Å². The van der Waals surface area contributed by atoms with Crippen molar-refractivity contribution in [2.75, 3.05) is 7.11 Å². The molecular weight excluding hydrogens is 225 g/mol. The van der Waals surface area contributed by atoms with Gasteiger partial charge in [0.15, 0.2) is 6.10 Å². The smallest absolute Gasteiger partial charge is 0.425 e. The van der Waals surface area contributed by atoms with Crippen molar-refractivity contribution in [3.05, 3.63) is 24.3 Å². The van der Waals surface area contributed by atoms with Gasteiger partial charge in [0, 0.05) is 14.0 Å². The van der Waals surface area contributed by atoms with Gasteiger partial charge in [-0.05, 0) is 12.2 Å². The zero-order valence-electron chi connectivity index (χ0n) is 8.75. The highest BCUT2D eigenvalue weighted by molar-refractivity contribution is 5.66. The predicted molar refractivity (Wildman–Crippen MR) is 49.6 cm³/mol. The fourth-order valence-corrected chi connectivity index (χ4v) is 1.46. The van der Waals surface area contributed by atoms with E-state index < -0.39 is 23.9 Å². The quantitative estimate of drug-likeness (QED) is 0.688. The van der Waals surface area contributed by atoms with E-state index in [0.29, 0.717) is 0 Å². The number of carbonyl (C=O) groups is 1. The molecule has 3 nitrogen and oxygen atoms in total. The van der Waals surface area contributed by atoms with Crippen molar-refractivity contribution in [3.63, 3.8) is 0 Å². The second-order valence-corrected chi connectivity index (χ2v) is 3.27. The zero-order valence-corrected chi connectivity index (χ0v) is 8.75. The minimum Gasteiger partial charge on any atom is -0.454 e. The molecule has 1 unspecified atom stereocenters. The van der Waals surface area contributed by atoms with Crippen LogP contribution in [0.1, 0.15) is 6.92 Å². The summed E-state index contributed by atoms with van der Waals surface area (Å²) in [6, 6.07) is 0. The Morgan fingerprint density at radius 1 is 1.38 bits per heavy atom. The summed E-state index contributed by atoms with van der Waals surface area (Å²) in [5.41, 5.74) is -2.60. The molecule has 0 aromatic rings. The Morgan fingerprint density at radius 2 is 2.00 bits per heavy atom. The summed E-state index contributed by atoms with van der Waals surface area (Å²) in [7, 11) is 0.924. The number of carbonyl (C=O) groups excluding carboxylic acids is 1. The lowest BCUT2D eigenvalue weighted by molar-refractivity contribution is -0.274. The molecule has 0 fully saturated rings. The third-order valence-corrected chi connectivity index (χ3v) is 2.24. The van der Waals surface area contributed by atoms with Crippen molar-refractivity contribution in [1.82, 2.24) is 0 Å². The van der Waals surface area contributed by atoms with Crippen LogP contribution in [0.4, 0.5) is 13.2 Å². The minimum atomic E-state index is -4.66. The summed E-state index contributed by atoms with van der Waals surface area (Å²) in [5, 5.41) is 0. The average molecular weight is 236 g/mol. The van der Waals surface area contributed by atoms with Gasteiger partial charge in [0.2, 0.25) is 5.60 Å². The summed E-state index contributed by atoms with van der Waals surface area (Å²) in [6.07, 6.45) is -1.62. The van der Waals surface area contributed by atoms with Crippen molar-refractivity contribution in [3.8, 4) is 0 Å². The van der Waals surface area contributed by atoms with Gasteiger partial charge in [-0.2, -0.15) is 13.2 Å². The van der Waals surface area contributed by atoms with E-state index in [1.807, 2.05) is 0 Å². The monoisotopic (exact) mass is 236 g/mol. The van der Waals surface area contributed by atoms with E-state index in [1.165, 1.54) is 12.2 Å². The Labute approximate surface area is 90.5 Å². The average Bonchev–Trinajstić information content (AvgIpc) is 2.16. The molecule has 1 rings (SSSR count). The molecule has 0 aliphatic heterocycles. The van der Waals surface area contributed by atoms with Crippen LogP contribution in [0, 0.1) is 0 Å². The molecule has 2 atom stereocenters. The van der Waals surface area contributed by atoms with Crippen molar-refractivity contribution in [1.29, 1.82) is 0 Å². The van der Waals surface area contributed by atoms with Crippen molar-refractivity contribution in [2.45, 2.75) is 24.8 Å². The fourth-order valence-electron chi connectivity index (χ4n) is 1.46. The van der Waals surface area contributed by atoms with E-state index in [0.717, 1.165) is 26.2 Å². The van der Waals surface area contributed by atoms with Crippen LogP contribution in [0.2, 0.25) is 0 Å². The van der Waals surface area contributed by atoms with Gasteiger partial charge in [-0.3, -0.25) is 4.79 Å². The summed E-state index contributed by atoms with van der Waals surface area (Å²) in [4.78, 5) is 10.7. The van der Waals surface area contributed by atoms with Crippen LogP contribution >= 0.6 is 0 Å². The molecule has 6 heteroatoms. The van der Waals surface area contributed by atoms with E-state index in [9.17, 15) is 18.0 Å². The molecule has 0 spiro atoms. The first-order valence-corrected chi connectivity index (χ1v) is 4.48.